The first-order chi connectivity index (χ1) is 10.9. The van der Waals surface area contributed by atoms with Crippen molar-refractivity contribution in [1.82, 2.24) is 4.98 Å². The lowest BCUT2D eigenvalue weighted by Gasteiger charge is -2.14. The van der Waals surface area contributed by atoms with E-state index in [1.165, 1.54) is 13.8 Å². The molecule has 0 saturated carbocycles. The van der Waals surface area contributed by atoms with Crippen LogP contribution in [0.5, 0.6) is 0 Å². The first-order valence-electron chi connectivity index (χ1n) is 6.43. The number of alkyl halides is 6. The van der Waals surface area contributed by atoms with Gasteiger partial charge in [0.15, 0.2) is 10.9 Å². The average molecular weight is 368 g/mol. The predicted octanol–water partition coefficient (Wildman–Crippen LogP) is 5.44. The number of thiazole rings is 1. The highest BCUT2D eigenvalue weighted by Crippen LogP contribution is 2.38. The summed E-state index contributed by atoms with van der Waals surface area (Å²) in [4.78, 5) is 15.6. The lowest BCUT2D eigenvalue weighted by molar-refractivity contribution is -0.143. The molecule has 1 aromatic heterocycles. The quantitative estimate of drug-likeness (QED) is 0.580. The predicted molar refractivity (Wildman–Crippen MR) is 76.6 cm³/mol. The Kier molecular flexibility index (Phi) is 4.62. The number of nitrogens with zero attached hydrogens (tertiary/aromatic N) is 1. The van der Waals surface area contributed by atoms with Gasteiger partial charge in [-0.15, -0.1) is 0 Å². The number of carbonyl (C=O) groups is 1. The highest BCUT2D eigenvalue weighted by atomic mass is 32.1. The van der Waals surface area contributed by atoms with Gasteiger partial charge in [0.25, 0.3) is 0 Å². The molecule has 0 aliphatic rings. The van der Waals surface area contributed by atoms with Crippen LogP contribution in [0.25, 0.3) is 0 Å². The summed E-state index contributed by atoms with van der Waals surface area (Å²) in [6.07, 6.45) is -9.86. The molecule has 0 atom stereocenters. The number of benzene rings is 1. The van der Waals surface area contributed by atoms with E-state index in [0.717, 1.165) is 11.3 Å². The molecule has 1 heterocycles. The van der Waals surface area contributed by atoms with Crippen LogP contribution in [0.3, 0.4) is 0 Å². The fourth-order valence-electron chi connectivity index (χ4n) is 1.93. The molecule has 0 saturated heterocycles. The van der Waals surface area contributed by atoms with Gasteiger partial charge in [0.05, 0.1) is 21.7 Å². The fourth-order valence-corrected chi connectivity index (χ4v) is 2.81. The number of anilines is 2. The summed E-state index contributed by atoms with van der Waals surface area (Å²) >= 11 is 0.855. The van der Waals surface area contributed by atoms with Crippen molar-refractivity contribution in [2.45, 2.75) is 26.2 Å². The number of rotatable bonds is 3. The van der Waals surface area contributed by atoms with E-state index in [4.69, 9.17) is 0 Å². The number of nitrogens with one attached hydrogen (secondary N) is 1. The van der Waals surface area contributed by atoms with Gasteiger partial charge in [-0.3, -0.25) is 4.79 Å². The summed E-state index contributed by atoms with van der Waals surface area (Å²) in [5, 5.41) is 2.43. The van der Waals surface area contributed by atoms with Gasteiger partial charge in [-0.1, -0.05) is 11.3 Å². The van der Waals surface area contributed by atoms with Crippen LogP contribution in [0, 0.1) is 6.92 Å². The largest absolute Gasteiger partial charge is 0.416 e. The fraction of sp³-hybridized carbons (Fsp3) is 0.286. The normalized spacial score (nSPS) is 12.3. The maximum Gasteiger partial charge on any atom is 0.416 e. The standard InChI is InChI=1S/C14H10F6N2OS/c1-6-11(7(2)23)24-12(21-6)22-10-4-8(13(15,16)17)3-9(5-10)14(18,19)20/h3-5H,1-2H3,(H,21,22). The highest BCUT2D eigenvalue weighted by Gasteiger charge is 2.37. The summed E-state index contributed by atoms with van der Waals surface area (Å²) in [7, 11) is 0. The number of aromatic nitrogens is 1. The minimum Gasteiger partial charge on any atom is -0.332 e. The smallest absolute Gasteiger partial charge is 0.332 e. The van der Waals surface area contributed by atoms with E-state index >= 15 is 0 Å². The van der Waals surface area contributed by atoms with Gasteiger partial charge in [-0.2, -0.15) is 26.3 Å². The van der Waals surface area contributed by atoms with Crippen LogP contribution < -0.4 is 5.32 Å². The van der Waals surface area contributed by atoms with Gasteiger partial charge in [-0.25, -0.2) is 4.98 Å². The Balaban J connectivity index is 2.46. The second-order valence-corrected chi connectivity index (χ2v) is 5.91. The molecule has 1 N–H and O–H groups in total. The Morgan fingerprint density at radius 1 is 1.04 bits per heavy atom. The zero-order valence-corrected chi connectivity index (χ0v) is 13.1. The van der Waals surface area contributed by atoms with Crippen molar-refractivity contribution in [3.8, 4) is 0 Å². The number of aryl methyl sites for hydroxylation is 1. The SMILES string of the molecule is CC(=O)c1sc(Nc2cc(C(F)(F)F)cc(C(F)(F)F)c2)nc1C. The molecule has 0 aliphatic heterocycles. The Hall–Kier alpha value is -2.10. The van der Waals surface area contributed by atoms with Gasteiger partial charge in [0.2, 0.25) is 0 Å². The lowest BCUT2D eigenvalue weighted by Crippen LogP contribution is -2.11. The first kappa shape index (κ1) is 18.2. The molecule has 0 unspecified atom stereocenters. The van der Waals surface area contributed by atoms with Crippen LogP contribution >= 0.6 is 11.3 Å². The van der Waals surface area contributed by atoms with E-state index < -0.39 is 29.2 Å². The van der Waals surface area contributed by atoms with E-state index in [0.29, 0.717) is 17.8 Å². The van der Waals surface area contributed by atoms with Crippen LogP contribution in [0.2, 0.25) is 0 Å². The minimum absolute atomic E-state index is 0.0325. The molecule has 0 fully saturated rings. The first-order valence-corrected chi connectivity index (χ1v) is 7.24. The molecule has 1 aromatic carbocycles. The van der Waals surface area contributed by atoms with Crippen LogP contribution in [-0.2, 0) is 12.4 Å². The minimum atomic E-state index is -4.93. The third-order valence-corrected chi connectivity index (χ3v) is 4.13. The molecule has 24 heavy (non-hydrogen) atoms. The van der Waals surface area contributed by atoms with Crippen LogP contribution in [0.1, 0.15) is 33.4 Å². The topological polar surface area (TPSA) is 42.0 Å². The summed E-state index contributed by atoms with van der Waals surface area (Å²) < 4.78 is 76.8. The Morgan fingerprint density at radius 2 is 1.54 bits per heavy atom. The van der Waals surface area contributed by atoms with E-state index in [-0.39, 0.29) is 21.9 Å². The lowest BCUT2D eigenvalue weighted by atomic mass is 10.1. The molecule has 10 heteroatoms. The van der Waals surface area contributed by atoms with Crippen molar-refractivity contribution in [1.29, 1.82) is 0 Å². The van der Waals surface area contributed by atoms with E-state index in [1.54, 1.807) is 0 Å². The number of ketones is 1. The average Bonchev–Trinajstić information content (AvgIpc) is 2.77. The van der Waals surface area contributed by atoms with Gasteiger partial charge in [0.1, 0.15) is 0 Å². The molecule has 0 bridgehead atoms. The van der Waals surface area contributed by atoms with Crippen LogP contribution in [0.4, 0.5) is 37.2 Å². The molecule has 2 aromatic rings. The third-order valence-electron chi connectivity index (χ3n) is 2.96. The highest BCUT2D eigenvalue weighted by molar-refractivity contribution is 7.17. The second kappa shape index (κ2) is 6.08. The molecular formula is C14H10F6N2OS. The number of hydrogen-bond donors (Lipinski definition) is 1. The van der Waals surface area contributed by atoms with Crippen molar-refractivity contribution in [3.63, 3.8) is 0 Å². The Morgan fingerprint density at radius 3 is 1.92 bits per heavy atom. The second-order valence-electron chi connectivity index (χ2n) is 4.91. The zero-order chi connectivity index (χ0) is 18.3. The van der Waals surface area contributed by atoms with Crippen molar-refractivity contribution in [2.75, 3.05) is 5.32 Å². The number of halogens is 6. The maximum absolute atomic E-state index is 12.8. The molecule has 3 nitrogen and oxygen atoms in total. The monoisotopic (exact) mass is 368 g/mol. The summed E-state index contributed by atoms with van der Waals surface area (Å²) in [5.41, 5.74) is -2.93. The van der Waals surface area contributed by atoms with Gasteiger partial charge >= 0.3 is 12.4 Å². The van der Waals surface area contributed by atoms with Crippen LogP contribution in [-0.4, -0.2) is 10.8 Å². The summed E-state index contributed by atoms with van der Waals surface area (Å²) in [6, 6.07) is 1.15. The maximum atomic E-state index is 12.8. The van der Waals surface area contributed by atoms with Crippen molar-refractivity contribution in [3.05, 3.63) is 39.9 Å². The Bertz CT molecular complexity index is 746. The van der Waals surface area contributed by atoms with Crippen molar-refractivity contribution in [2.24, 2.45) is 0 Å². The molecule has 130 valence electrons. The van der Waals surface area contributed by atoms with Crippen molar-refractivity contribution >= 4 is 27.9 Å². The Labute approximate surface area is 136 Å². The number of carbonyl (C=O) groups excluding carboxylic acids is 1. The van der Waals surface area contributed by atoms with E-state index in [2.05, 4.69) is 10.3 Å². The molecular weight excluding hydrogens is 358 g/mol. The van der Waals surface area contributed by atoms with Gasteiger partial charge < -0.3 is 5.32 Å². The molecule has 0 spiro atoms. The number of Topliss-reactive ketones (excluding diaryl/α,β-unsaturated/α-hetero) is 1. The molecule has 0 radical (unpaired) electrons. The third kappa shape index (κ3) is 4.05. The molecule has 0 aliphatic carbocycles. The number of hydrogen-bond acceptors (Lipinski definition) is 4. The van der Waals surface area contributed by atoms with Crippen LogP contribution in [0.15, 0.2) is 18.2 Å². The zero-order valence-electron chi connectivity index (χ0n) is 12.3. The van der Waals surface area contributed by atoms with E-state index in [1.807, 2.05) is 0 Å². The molecule has 2 rings (SSSR count). The van der Waals surface area contributed by atoms with Gasteiger partial charge in [0, 0.05) is 12.6 Å². The molecule has 0 amide bonds. The van der Waals surface area contributed by atoms with E-state index in [9.17, 15) is 31.1 Å². The summed E-state index contributed by atoms with van der Waals surface area (Å²) in [6.45, 7) is 2.81. The van der Waals surface area contributed by atoms with Gasteiger partial charge in [-0.05, 0) is 25.1 Å². The summed E-state index contributed by atoms with van der Waals surface area (Å²) in [5.74, 6) is -0.293. The van der Waals surface area contributed by atoms with Crippen molar-refractivity contribution < 1.29 is 31.1 Å².